The second-order valence-corrected chi connectivity index (χ2v) is 6.84. The van der Waals surface area contributed by atoms with Crippen LogP contribution < -0.4 is 0 Å². The van der Waals surface area contributed by atoms with E-state index in [0.717, 1.165) is 0 Å². The number of hydrogen-bond acceptors (Lipinski definition) is 3. The highest BCUT2D eigenvalue weighted by molar-refractivity contribution is 7.86. The monoisotopic (exact) mass is 264 g/mol. The molecule has 0 aromatic rings. The predicted molar refractivity (Wildman–Crippen MR) is 63.7 cm³/mol. The van der Waals surface area contributed by atoms with Crippen LogP contribution in [0.2, 0.25) is 0 Å². The van der Waals surface area contributed by atoms with E-state index in [2.05, 4.69) is 0 Å². The summed E-state index contributed by atoms with van der Waals surface area (Å²) >= 11 is 0. The molecule has 0 amide bonds. The summed E-state index contributed by atoms with van der Waals surface area (Å²) in [5, 5.41) is 8.98. The summed E-state index contributed by atoms with van der Waals surface area (Å²) in [6.45, 7) is 5.67. The van der Waals surface area contributed by atoms with Gasteiger partial charge in [-0.1, -0.05) is 6.92 Å². The Labute approximate surface area is 102 Å². The zero-order valence-electron chi connectivity index (χ0n) is 10.6. The topological polar surface area (TPSA) is 77.9 Å². The predicted octanol–water partition coefficient (Wildman–Crippen LogP) is 0.224. The van der Waals surface area contributed by atoms with Crippen molar-refractivity contribution in [2.45, 2.75) is 26.8 Å². The first-order valence-corrected chi connectivity index (χ1v) is 7.03. The quantitative estimate of drug-likeness (QED) is 0.788. The zero-order valence-corrected chi connectivity index (χ0v) is 11.4. The van der Waals surface area contributed by atoms with Crippen LogP contribution in [0.4, 0.5) is 0 Å². The van der Waals surface area contributed by atoms with E-state index in [-0.39, 0.29) is 25.0 Å². The number of hydrogen-bond donors (Lipinski definition) is 1. The Morgan fingerprint density at radius 2 is 1.94 bits per heavy atom. The van der Waals surface area contributed by atoms with Crippen LogP contribution >= 0.6 is 0 Å². The Hall–Kier alpha value is -0.660. The molecule has 0 aromatic heterocycles. The molecule has 2 atom stereocenters. The summed E-state index contributed by atoms with van der Waals surface area (Å²) in [5.41, 5.74) is 0. The smallest absolute Gasteiger partial charge is 0.308 e. The first kappa shape index (κ1) is 14.4. The number of carbonyl (C=O) groups is 1. The number of aliphatic carboxylic acids is 1. The summed E-state index contributed by atoms with van der Waals surface area (Å²) in [6, 6.07) is -0.140. The average molecular weight is 264 g/mol. The van der Waals surface area contributed by atoms with E-state index in [1.54, 1.807) is 20.8 Å². The van der Waals surface area contributed by atoms with Crippen molar-refractivity contribution in [1.82, 2.24) is 8.61 Å². The molecule has 100 valence electrons. The van der Waals surface area contributed by atoms with Crippen LogP contribution in [0, 0.1) is 11.8 Å². The summed E-state index contributed by atoms with van der Waals surface area (Å²) in [5.74, 6) is -1.68. The van der Waals surface area contributed by atoms with Crippen molar-refractivity contribution in [1.29, 1.82) is 0 Å². The molecule has 1 heterocycles. The van der Waals surface area contributed by atoms with Crippen molar-refractivity contribution in [2.75, 3.05) is 20.1 Å². The first-order valence-electron chi connectivity index (χ1n) is 5.63. The summed E-state index contributed by atoms with van der Waals surface area (Å²) in [7, 11) is -2.02. The van der Waals surface area contributed by atoms with Crippen molar-refractivity contribution in [2.24, 2.45) is 11.8 Å². The molecule has 0 spiro atoms. The highest BCUT2D eigenvalue weighted by atomic mass is 32.2. The van der Waals surface area contributed by atoms with E-state index < -0.39 is 22.1 Å². The fraction of sp³-hybridized carbons (Fsp3) is 0.900. The minimum absolute atomic E-state index is 0.0654. The molecule has 1 aliphatic rings. The summed E-state index contributed by atoms with van der Waals surface area (Å²) < 4.78 is 26.8. The molecule has 1 rings (SSSR count). The van der Waals surface area contributed by atoms with Gasteiger partial charge < -0.3 is 5.11 Å². The molecule has 1 N–H and O–H groups in total. The molecule has 0 bridgehead atoms. The van der Waals surface area contributed by atoms with E-state index in [4.69, 9.17) is 5.11 Å². The van der Waals surface area contributed by atoms with Gasteiger partial charge in [-0.25, -0.2) is 0 Å². The maximum Gasteiger partial charge on any atom is 0.308 e. The molecule has 0 saturated carbocycles. The summed E-state index contributed by atoms with van der Waals surface area (Å²) in [4.78, 5) is 11.0. The van der Waals surface area contributed by atoms with Gasteiger partial charge in [-0.05, 0) is 19.8 Å². The van der Waals surface area contributed by atoms with Gasteiger partial charge in [0.25, 0.3) is 10.2 Å². The number of carboxylic acids is 1. The van der Waals surface area contributed by atoms with Crippen LogP contribution in [0.15, 0.2) is 0 Å². The van der Waals surface area contributed by atoms with Gasteiger partial charge in [-0.2, -0.15) is 17.0 Å². The molecule has 1 aliphatic heterocycles. The van der Waals surface area contributed by atoms with E-state index in [9.17, 15) is 13.2 Å². The van der Waals surface area contributed by atoms with Crippen molar-refractivity contribution in [3.05, 3.63) is 0 Å². The van der Waals surface area contributed by atoms with Crippen molar-refractivity contribution in [3.63, 3.8) is 0 Å². The van der Waals surface area contributed by atoms with Gasteiger partial charge >= 0.3 is 5.97 Å². The molecule has 0 aliphatic carbocycles. The van der Waals surface area contributed by atoms with Gasteiger partial charge in [-0.3, -0.25) is 4.79 Å². The standard InChI is InChI=1S/C10H20N2O4S/c1-7(2)11(4)17(15,16)12-5-8(3)9(6-12)10(13)14/h7-9H,5-6H2,1-4H3,(H,13,14). The van der Waals surface area contributed by atoms with Crippen LogP contribution in [0.25, 0.3) is 0 Å². The van der Waals surface area contributed by atoms with Crippen LogP contribution in [0.1, 0.15) is 20.8 Å². The van der Waals surface area contributed by atoms with E-state index in [0.29, 0.717) is 0 Å². The lowest BCUT2D eigenvalue weighted by molar-refractivity contribution is -0.142. The Morgan fingerprint density at radius 1 is 1.41 bits per heavy atom. The van der Waals surface area contributed by atoms with E-state index >= 15 is 0 Å². The molecule has 6 nitrogen and oxygen atoms in total. The normalized spacial score (nSPS) is 26.9. The SMILES string of the molecule is CC1CN(S(=O)(=O)N(C)C(C)C)CC1C(=O)O. The van der Waals surface area contributed by atoms with E-state index in [1.165, 1.54) is 15.7 Å². The Morgan fingerprint density at radius 3 is 2.29 bits per heavy atom. The minimum atomic E-state index is -3.53. The van der Waals surface area contributed by atoms with Crippen LogP contribution in [-0.4, -0.2) is 54.3 Å². The maximum absolute atomic E-state index is 12.1. The van der Waals surface area contributed by atoms with Gasteiger partial charge in [0, 0.05) is 26.2 Å². The molecule has 1 saturated heterocycles. The molecule has 17 heavy (non-hydrogen) atoms. The second-order valence-electron chi connectivity index (χ2n) is 4.86. The number of rotatable bonds is 4. The third-order valence-electron chi connectivity index (χ3n) is 3.31. The molecule has 7 heteroatoms. The second kappa shape index (κ2) is 4.91. The van der Waals surface area contributed by atoms with Crippen molar-refractivity contribution >= 4 is 16.2 Å². The van der Waals surface area contributed by atoms with Gasteiger partial charge in [0.15, 0.2) is 0 Å². The molecule has 0 aromatic carbocycles. The Bertz CT molecular complexity index is 393. The third kappa shape index (κ3) is 2.78. The van der Waals surface area contributed by atoms with Gasteiger partial charge in [0.1, 0.15) is 0 Å². The van der Waals surface area contributed by atoms with Crippen molar-refractivity contribution < 1.29 is 18.3 Å². The minimum Gasteiger partial charge on any atom is -0.481 e. The van der Waals surface area contributed by atoms with Crippen molar-refractivity contribution in [3.8, 4) is 0 Å². The fourth-order valence-electron chi connectivity index (χ4n) is 1.88. The van der Waals surface area contributed by atoms with Crippen LogP contribution in [0.5, 0.6) is 0 Å². The molecular weight excluding hydrogens is 244 g/mol. The van der Waals surface area contributed by atoms with Crippen LogP contribution in [0.3, 0.4) is 0 Å². The molecule has 0 radical (unpaired) electrons. The lowest BCUT2D eigenvalue weighted by Gasteiger charge is -2.26. The Kier molecular flexibility index (Phi) is 4.16. The first-order chi connectivity index (χ1) is 7.67. The van der Waals surface area contributed by atoms with Crippen LogP contribution in [-0.2, 0) is 15.0 Å². The largest absolute Gasteiger partial charge is 0.481 e. The fourth-order valence-corrected chi connectivity index (χ4v) is 3.55. The van der Waals surface area contributed by atoms with Gasteiger partial charge in [0.2, 0.25) is 0 Å². The number of carboxylic acid groups (broad SMARTS) is 1. The highest BCUT2D eigenvalue weighted by Crippen LogP contribution is 2.26. The average Bonchev–Trinajstić information content (AvgIpc) is 2.59. The highest BCUT2D eigenvalue weighted by Gasteiger charge is 2.41. The third-order valence-corrected chi connectivity index (χ3v) is 5.41. The van der Waals surface area contributed by atoms with Gasteiger partial charge in [0.05, 0.1) is 5.92 Å². The number of nitrogens with zero attached hydrogens (tertiary/aromatic N) is 2. The zero-order chi connectivity index (χ0) is 13.4. The molecular formula is C10H20N2O4S. The molecule has 2 unspecified atom stereocenters. The maximum atomic E-state index is 12.1. The van der Waals surface area contributed by atoms with Gasteiger partial charge in [-0.15, -0.1) is 0 Å². The lowest BCUT2D eigenvalue weighted by atomic mass is 9.99. The lowest BCUT2D eigenvalue weighted by Crippen LogP contribution is -2.44. The summed E-state index contributed by atoms with van der Waals surface area (Å²) in [6.07, 6.45) is 0. The van der Waals surface area contributed by atoms with E-state index in [1.807, 2.05) is 0 Å². The Balaban J connectivity index is 2.87. The molecule has 1 fully saturated rings.